The Morgan fingerprint density at radius 1 is 1.00 bits per heavy atom. The molecule has 0 saturated heterocycles. The number of hydrogen-bond acceptors (Lipinski definition) is 5. The van der Waals surface area contributed by atoms with Crippen LogP contribution in [0.3, 0.4) is 0 Å². The third-order valence-electron chi connectivity index (χ3n) is 0. The standard InChI is InChI=1S/Mo.3O.2S. The summed E-state index contributed by atoms with van der Waals surface area (Å²) in [6.45, 7) is 0. The number of rotatable bonds is 0. The van der Waals surface area contributed by atoms with E-state index in [1.807, 2.05) is 0 Å². The van der Waals surface area contributed by atoms with E-state index in [0.29, 0.717) is 0 Å². The Kier molecular flexibility index (Phi) is 1.11. The van der Waals surface area contributed by atoms with E-state index in [9.17, 15) is 10.2 Å². The summed E-state index contributed by atoms with van der Waals surface area (Å²) in [7, 11) is 6.75. The Balaban J connectivity index is 7.45. The van der Waals surface area contributed by atoms with Crippen LogP contribution < -0.4 is 0 Å². The molecule has 0 radical (unpaired) electrons. The van der Waals surface area contributed by atoms with E-state index in [0.717, 1.165) is 0 Å². The average molecular weight is 208 g/mol. The molecule has 0 aromatic heterocycles. The maximum atomic E-state index is 9.39. The molecule has 0 unspecified atom stereocenters. The van der Waals surface area contributed by atoms with Gasteiger partial charge in [0.15, 0.2) is 0 Å². The summed E-state index contributed by atoms with van der Waals surface area (Å²) >= 11 is -6.20. The fourth-order valence-electron chi connectivity index (χ4n) is 0. The van der Waals surface area contributed by atoms with Crippen molar-refractivity contribution in [1.82, 2.24) is 0 Å². The molecule has 0 rings (SSSR count). The molecule has 0 aromatic carbocycles. The second-order valence-electron chi connectivity index (χ2n) is 0.680. The van der Waals surface area contributed by atoms with Crippen LogP contribution in [0.5, 0.6) is 0 Å². The molecule has 0 aliphatic rings. The van der Waals surface area contributed by atoms with Crippen LogP contribution >= 0.6 is 19.6 Å². The van der Waals surface area contributed by atoms with Gasteiger partial charge in [-0.25, -0.2) is 0 Å². The van der Waals surface area contributed by atoms with Gasteiger partial charge in [-0.1, -0.05) is 0 Å². The van der Waals surface area contributed by atoms with Crippen molar-refractivity contribution in [3.8, 4) is 0 Å². The molecule has 0 spiro atoms. The van der Waals surface area contributed by atoms with Crippen LogP contribution in [0.1, 0.15) is 0 Å². The molecule has 6 heavy (non-hydrogen) atoms. The normalized spacial score (nSPS) is 10.0. The number of hydrogen-bond donors (Lipinski definition) is 0. The third-order valence-corrected chi connectivity index (χ3v) is 0. The van der Waals surface area contributed by atoms with E-state index in [4.69, 9.17) is 0 Å². The summed E-state index contributed by atoms with van der Waals surface area (Å²) in [5, 5.41) is 0. The summed E-state index contributed by atoms with van der Waals surface area (Å²) in [6.07, 6.45) is 0. The molecule has 0 fully saturated rings. The van der Waals surface area contributed by atoms with Crippen molar-refractivity contribution in [2.45, 2.75) is 0 Å². The molecule has 3 nitrogen and oxygen atoms in total. The molecule has 0 bridgehead atoms. The summed E-state index contributed by atoms with van der Waals surface area (Å²) < 4.78 is 28.2. The van der Waals surface area contributed by atoms with Crippen LogP contribution in [-0.2, 0) is 21.3 Å². The van der Waals surface area contributed by atoms with E-state index in [-0.39, 0.29) is 0 Å². The second kappa shape index (κ2) is 1.02. The van der Waals surface area contributed by atoms with E-state index in [2.05, 4.69) is 19.6 Å². The predicted octanol–water partition coefficient (Wildman–Crippen LogP) is 0.938. The molecule has 0 atom stereocenters. The Morgan fingerprint density at radius 2 is 1.00 bits per heavy atom. The van der Waals surface area contributed by atoms with Gasteiger partial charge in [0.05, 0.1) is 0 Å². The van der Waals surface area contributed by atoms with Gasteiger partial charge in [-0.3, -0.25) is 0 Å². The van der Waals surface area contributed by atoms with Crippen LogP contribution in [0.15, 0.2) is 0 Å². The monoisotopic (exact) mass is 210 g/mol. The van der Waals surface area contributed by atoms with Gasteiger partial charge in [-0.15, -0.1) is 0 Å². The first-order chi connectivity index (χ1) is 2.24. The van der Waals surface area contributed by atoms with Crippen molar-refractivity contribution in [3.05, 3.63) is 0 Å². The molecular formula is MoO3S2. The summed E-state index contributed by atoms with van der Waals surface area (Å²) in [5.74, 6) is 0. The first-order valence-corrected chi connectivity index (χ1v) is 8.87. The second-order valence-corrected chi connectivity index (χ2v) is 12.1. The fraction of sp³-hybridized carbons (Fsp3) is 0. The average Bonchev–Trinajstić information content (AvgIpc) is 0.650. The first-order valence-electron chi connectivity index (χ1n) is 0.833. The summed E-state index contributed by atoms with van der Waals surface area (Å²) in [4.78, 5) is 0. The SMILES string of the molecule is [O]=[Mo](=[O])(=[O])(=[S])=[S]. The van der Waals surface area contributed by atoms with Crippen LogP contribution in [0.25, 0.3) is 0 Å². The van der Waals surface area contributed by atoms with Crippen molar-refractivity contribution >= 4 is 19.6 Å². The first kappa shape index (κ1) is 6.53. The molecule has 0 N–H and O–H groups in total. The van der Waals surface area contributed by atoms with Crippen LogP contribution in [-0.4, -0.2) is 0 Å². The Hall–Kier alpha value is 0.528. The van der Waals surface area contributed by atoms with Crippen molar-refractivity contribution in [2.75, 3.05) is 0 Å². The van der Waals surface area contributed by atoms with Crippen molar-refractivity contribution in [2.24, 2.45) is 0 Å². The fourth-order valence-corrected chi connectivity index (χ4v) is 0. The predicted molar refractivity (Wildman–Crippen MR) is 17.2 cm³/mol. The molecular weight excluding hydrogens is 208 g/mol. The quantitative estimate of drug-likeness (QED) is 0.554. The summed E-state index contributed by atoms with van der Waals surface area (Å²) in [5.41, 5.74) is 0. The third kappa shape index (κ3) is 202. The molecule has 0 aliphatic heterocycles. The van der Waals surface area contributed by atoms with E-state index < -0.39 is 11.1 Å². The molecule has 0 heterocycles. The molecule has 0 aliphatic carbocycles. The molecule has 36 valence electrons. The Labute approximate surface area is 41.0 Å². The van der Waals surface area contributed by atoms with E-state index >= 15 is 0 Å². The van der Waals surface area contributed by atoms with Crippen LogP contribution in [0, 0.1) is 0 Å². The van der Waals surface area contributed by atoms with Gasteiger partial charge in [0.2, 0.25) is 0 Å². The topological polar surface area (TPSA) is 51.2 Å². The molecule has 6 heteroatoms. The maximum absolute atomic E-state index is 9.39. The van der Waals surface area contributed by atoms with Crippen molar-refractivity contribution in [1.29, 1.82) is 0 Å². The van der Waals surface area contributed by atoms with Gasteiger partial charge in [-0.05, 0) is 0 Å². The van der Waals surface area contributed by atoms with Crippen molar-refractivity contribution in [3.63, 3.8) is 0 Å². The van der Waals surface area contributed by atoms with Gasteiger partial charge in [0.25, 0.3) is 0 Å². The zero-order chi connectivity index (χ0) is 5.45. The summed E-state index contributed by atoms with van der Waals surface area (Å²) in [6, 6.07) is 0. The van der Waals surface area contributed by atoms with Crippen LogP contribution in [0.4, 0.5) is 0 Å². The zero-order valence-corrected chi connectivity index (χ0v) is 6.09. The zero-order valence-electron chi connectivity index (χ0n) is 2.45. The van der Waals surface area contributed by atoms with Gasteiger partial charge in [0.1, 0.15) is 0 Å². The van der Waals surface area contributed by atoms with Gasteiger partial charge in [-0.2, -0.15) is 0 Å². The van der Waals surface area contributed by atoms with Gasteiger partial charge < -0.3 is 0 Å². The van der Waals surface area contributed by atoms with Gasteiger partial charge >= 0.3 is 40.9 Å². The Bertz CT molecular complexity index is 279. The Morgan fingerprint density at radius 3 is 1.00 bits per heavy atom. The minimum absolute atomic E-state index is 3.37. The van der Waals surface area contributed by atoms with Gasteiger partial charge in [0, 0.05) is 0 Å². The molecule has 0 aromatic rings. The van der Waals surface area contributed by atoms with Crippen molar-refractivity contribution < 1.29 is 21.3 Å². The van der Waals surface area contributed by atoms with E-state index in [1.165, 1.54) is 0 Å². The molecule has 0 saturated carbocycles. The van der Waals surface area contributed by atoms with Crippen LogP contribution in [0.2, 0.25) is 0 Å². The molecule has 0 amide bonds. The minimum atomic E-state index is -6.20. The van der Waals surface area contributed by atoms with E-state index in [1.54, 1.807) is 0 Å².